The summed E-state index contributed by atoms with van der Waals surface area (Å²) in [6.45, 7) is 5.84. The van der Waals surface area contributed by atoms with Gasteiger partial charge in [0.15, 0.2) is 5.65 Å². The molecule has 1 aliphatic heterocycles. The normalized spacial score (nSPS) is 15.0. The first-order valence-electron chi connectivity index (χ1n) is 9.87. The number of carbonyl (C=O) groups is 1. The van der Waals surface area contributed by atoms with Crippen molar-refractivity contribution in [1.82, 2.24) is 24.8 Å². The molecule has 1 amide bonds. The third-order valence-corrected chi connectivity index (χ3v) is 5.38. The summed E-state index contributed by atoms with van der Waals surface area (Å²) in [6.07, 6.45) is 2.21. The fourth-order valence-corrected chi connectivity index (χ4v) is 3.70. The summed E-state index contributed by atoms with van der Waals surface area (Å²) >= 11 is 0. The lowest BCUT2D eigenvalue weighted by Crippen LogP contribution is -2.45. The van der Waals surface area contributed by atoms with Crippen molar-refractivity contribution in [3.05, 3.63) is 53.3 Å². The van der Waals surface area contributed by atoms with Crippen LogP contribution in [0.3, 0.4) is 0 Å². The molecule has 2 aromatic heterocycles. The van der Waals surface area contributed by atoms with Crippen molar-refractivity contribution >= 4 is 17.2 Å². The average Bonchev–Trinajstić information content (AvgIpc) is 3.14. The van der Waals surface area contributed by atoms with E-state index in [0.717, 1.165) is 38.2 Å². The standard InChI is InChI=1S/C21H26N6O2/c1-15-18(26-12-10-25(2)11-13-26)21(29)27-19(24-15)17(14-23-27)20(28)22-9-8-16-6-4-3-5-7-16/h3-7,14,29H,8-13H2,1-2H3,(H,22,28). The van der Waals surface area contributed by atoms with Gasteiger partial charge in [-0.2, -0.15) is 9.61 Å². The number of benzene rings is 1. The van der Waals surface area contributed by atoms with Gasteiger partial charge in [0.05, 0.1) is 11.9 Å². The lowest BCUT2D eigenvalue weighted by molar-refractivity contribution is 0.0955. The second-order valence-corrected chi connectivity index (χ2v) is 7.44. The van der Waals surface area contributed by atoms with Crippen molar-refractivity contribution in [3.8, 4) is 5.88 Å². The third kappa shape index (κ3) is 3.88. The maximum atomic E-state index is 12.7. The van der Waals surface area contributed by atoms with Crippen LogP contribution in [0.25, 0.3) is 5.65 Å². The Balaban J connectivity index is 1.53. The molecule has 0 unspecified atom stereocenters. The summed E-state index contributed by atoms with van der Waals surface area (Å²) in [5.74, 6) is -0.213. The zero-order valence-electron chi connectivity index (χ0n) is 16.8. The second-order valence-electron chi connectivity index (χ2n) is 7.44. The fourth-order valence-electron chi connectivity index (χ4n) is 3.70. The largest absolute Gasteiger partial charge is 0.492 e. The maximum Gasteiger partial charge on any atom is 0.256 e. The predicted octanol–water partition coefficient (Wildman–Crippen LogP) is 1.47. The summed E-state index contributed by atoms with van der Waals surface area (Å²) < 4.78 is 1.35. The molecule has 1 aromatic carbocycles. The second kappa shape index (κ2) is 8.08. The van der Waals surface area contributed by atoms with E-state index in [2.05, 4.69) is 32.2 Å². The first kappa shape index (κ1) is 19.2. The number of fused-ring (bicyclic) bond motifs is 1. The fraction of sp³-hybridized carbons (Fsp3) is 0.381. The molecular weight excluding hydrogens is 368 g/mol. The highest BCUT2D eigenvalue weighted by Crippen LogP contribution is 2.32. The van der Waals surface area contributed by atoms with Crippen molar-refractivity contribution in [3.63, 3.8) is 0 Å². The molecule has 3 aromatic rings. The first-order valence-corrected chi connectivity index (χ1v) is 9.87. The number of rotatable bonds is 5. The molecule has 0 spiro atoms. The number of aryl methyl sites for hydroxylation is 1. The monoisotopic (exact) mass is 394 g/mol. The van der Waals surface area contributed by atoms with Crippen LogP contribution < -0.4 is 10.2 Å². The lowest BCUT2D eigenvalue weighted by atomic mass is 10.1. The predicted molar refractivity (Wildman–Crippen MR) is 112 cm³/mol. The Labute approximate surface area is 169 Å². The van der Waals surface area contributed by atoms with E-state index in [1.54, 1.807) is 0 Å². The SMILES string of the molecule is Cc1nc2c(C(=O)NCCc3ccccc3)cnn2c(O)c1N1CCN(C)CC1. The van der Waals surface area contributed by atoms with Crippen LogP contribution in [0.1, 0.15) is 21.6 Å². The van der Waals surface area contributed by atoms with Gasteiger partial charge < -0.3 is 20.2 Å². The highest BCUT2D eigenvalue weighted by molar-refractivity contribution is 5.99. The van der Waals surface area contributed by atoms with Crippen molar-refractivity contribution in [1.29, 1.82) is 0 Å². The van der Waals surface area contributed by atoms with Gasteiger partial charge in [0.1, 0.15) is 11.3 Å². The molecule has 1 saturated heterocycles. The first-order chi connectivity index (χ1) is 14.0. The Morgan fingerprint density at radius 2 is 1.90 bits per heavy atom. The Bertz CT molecular complexity index is 1010. The van der Waals surface area contributed by atoms with Crippen LogP contribution in [0, 0.1) is 6.92 Å². The van der Waals surface area contributed by atoms with Gasteiger partial charge in [0.25, 0.3) is 5.91 Å². The van der Waals surface area contributed by atoms with E-state index in [1.807, 2.05) is 37.3 Å². The highest BCUT2D eigenvalue weighted by Gasteiger charge is 2.24. The van der Waals surface area contributed by atoms with Gasteiger partial charge >= 0.3 is 0 Å². The molecule has 1 aliphatic rings. The molecule has 0 aliphatic carbocycles. The van der Waals surface area contributed by atoms with E-state index >= 15 is 0 Å². The number of likely N-dealkylation sites (N-methyl/N-ethyl adjacent to an activating group) is 1. The number of amides is 1. The quantitative estimate of drug-likeness (QED) is 0.682. The minimum Gasteiger partial charge on any atom is -0.492 e. The minimum absolute atomic E-state index is 0.0281. The molecule has 1 fully saturated rings. The van der Waals surface area contributed by atoms with Crippen LogP contribution >= 0.6 is 0 Å². The van der Waals surface area contributed by atoms with Crippen molar-refractivity contribution < 1.29 is 9.90 Å². The number of hydrogen-bond acceptors (Lipinski definition) is 6. The number of aromatic nitrogens is 3. The Morgan fingerprint density at radius 3 is 2.62 bits per heavy atom. The van der Waals surface area contributed by atoms with E-state index in [4.69, 9.17) is 0 Å². The highest BCUT2D eigenvalue weighted by atomic mass is 16.3. The van der Waals surface area contributed by atoms with Crippen molar-refractivity contribution in [2.45, 2.75) is 13.3 Å². The van der Waals surface area contributed by atoms with Crippen LogP contribution in [0.15, 0.2) is 36.5 Å². The number of piperazine rings is 1. The summed E-state index contributed by atoms with van der Waals surface area (Å²) in [4.78, 5) is 21.6. The number of carbonyl (C=O) groups excluding carboxylic acids is 1. The van der Waals surface area contributed by atoms with Gasteiger partial charge in [-0.3, -0.25) is 4.79 Å². The molecule has 8 nitrogen and oxygen atoms in total. The van der Waals surface area contributed by atoms with E-state index in [0.29, 0.717) is 29.1 Å². The van der Waals surface area contributed by atoms with Crippen LogP contribution in [0.5, 0.6) is 5.88 Å². The molecule has 29 heavy (non-hydrogen) atoms. The molecule has 2 N–H and O–H groups in total. The van der Waals surface area contributed by atoms with Gasteiger partial charge in [-0.1, -0.05) is 30.3 Å². The summed E-state index contributed by atoms with van der Waals surface area (Å²) in [6, 6.07) is 10.00. The van der Waals surface area contributed by atoms with Gasteiger partial charge in [0.2, 0.25) is 5.88 Å². The van der Waals surface area contributed by atoms with Gasteiger partial charge in [-0.25, -0.2) is 4.98 Å². The molecule has 0 bridgehead atoms. The summed E-state index contributed by atoms with van der Waals surface area (Å²) in [7, 11) is 2.09. The van der Waals surface area contributed by atoms with Gasteiger partial charge in [-0.05, 0) is 26.0 Å². The smallest absolute Gasteiger partial charge is 0.256 e. The third-order valence-electron chi connectivity index (χ3n) is 5.38. The van der Waals surface area contributed by atoms with E-state index in [9.17, 15) is 9.90 Å². The molecular formula is C21H26N6O2. The van der Waals surface area contributed by atoms with Gasteiger partial charge in [-0.15, -0.1) is 0 Å². The van der Waals surface area contributed by atoms with E-state index in [1.165, 1.54) is 10.7 Å². The molecule has 4 rings (SSSR count). The maximum absolute atomic E-state index is 12.7. The van der Waals surface area contributed by atoms with Crippen LogP contribution in [-0.2, 0) is 6.42 Å². The molecule has 0 saturated carbocycles. The van der Waals surface area contributed by atoms with Crippen LogP contribution in [-0.4, -0.2) is 70.3 Å². The molecule has 0 radical (unpaired) electrons. The van der Waals surface area contributed by atoms with Crippen molar-refractivity contribution in [2.75, 3.05) is 44.7 Å². The molecule has 8 heteroatoms. The Morgan fingerprint density at radius 1 is 1.17 bits per heavy atom. The average molecular weight is 394 g/mol. The van der Waals surface area contributed by atoms with Gasteiger partial charge in [0, 0.05) is 32.7 Å². The lowest BCUT2D eigenvalue weighted by Gasteiger charge is -2.34. The minimum atomic E-state index is -0.241. The Kier molecular flexibility index (Phi) is 5.35. The summed E-state index contributed by atoms with van der Waals surface area (Å²) in [5.41, 5.74) is 3.27. The number of anilines is 1. The zero-order valence-corrected chi connectivity index (χ0v) is 16.8. The van der Waals surface area contributed by atoms with Crippen LogP contribution in [0.4, 0.5) is 5.69 Å². The molecule has 0 atom stereocenters. The topological polar surface area (TPSA) is 86.0 Å². The number of nitrogens with one attached hydrogen (secondary N) is 1. The Hall–Kier alpha value is -3.13. The number of aromatic hydroxyl groups is 1. The molecule has 152 valence electrons. The van der Waals surface area contributed by atoms with Crippen molar-refractivity contribution in [2.24, 2.45) is 0 Å². The number of hydrogen-bond donors (Lipinski definition) is 2. The van der Waals surface area contributed by atoms with E-state index < -0.39 is 0 Å². The van der Waals surface area contributed by atoms with E-state index in [-0.39, 0.29) is 11.8 Å². The zero-order chi connectivity index (χ0) is 20.4. The molecule has 3 heterocycles. The summed E-state index contributed by atoms with van der Waals surface area (Å²) in [5, 5.41) is 18.0. The number of nitrogens with zero attached hydrogens (tertiary/aromatic N) is 5. The van der Waals surface area contributed by atoms with Crippen LogP contribution in [0.2, 0.25) is 0 Å².